The van der Waals surface area contributed by atoms with E-state index in [1.165, 1.54) is 38.3 Å². The molecule has 0 saturated carbocycles. The van der Waals surface area contributed by atoms with Crippen LogP contribution in [0.5, 0.6) is 5.75 Å². The Morgan fingerprint density at radius 2 is 2.05 bits per heavy atom. The van der Waals surface area contributed by atoms with Crippen LogP contribution in [0.15, 0.2) is 18.2 Å². The fraction of sp³-hybridized carbons (Fsp3) is 0.647. The molecule has 0 spiro atoms. The van der Waals surface area contributed by atoms with Crippen LogP contribution in [0.4, 0.5) is 5.69 Å². The summed E-state index contributed by atoms with van der Waals surface area (Å²) in [6.45, 7) is 12.3. The van der Waals surface area contributed by atoms with E-state index in [9.17, 15) is 0 Å². The Morgan fingerprint density at radius 1 is 1.24 bits per heavy atom. The fourth-order valence-electron chi connectivity index (χ4n) is 3.31. The molecule has 1 aromatic carbocycles. The molecular weight excluding hydrogens is 262 g/mol. The second kappa shape index (κ2) is 6.67. The summed E-state index contributed by atoms with van der Waals surface area (Å²) in [5.41, 5.74) is 2.55. The molecule has 0 amide bonds. The van der Waals surface area contributed by atoms with Gasteiger partial charge in [0.2, 0.25) is 0 Å². The van der Waals surface area contributed by atoms with E-state index in [1.54, 1.807) is 0 Å². The quantitative estimate of drug-likeness (QED) is 0.918. The average Bonchev–Trinajstić information content (AvgIpc) is 2.55. The van der Waals surface area contributed by atoms with Crippen molar-refractivity contribution < 1.29 is 4.74 Å². The maximum absolute atomic E-state index is 5.65. The van der Waals surface area contributed by atoms with Crippen molar-refractivity contribution in [2.45, 2.75) is 26.3 Å². The van der Waals surface area contributed by atoms with Crippen molar-refractivity contribution in [1.82, 2.24) is 9.80 Å². The van der Waals surface area contributed by atoms with E-state index >= 15 is 0 Å². The molecular formula is C17H27N3O. The van der Waals surface area contributed by atoms with Crippen molar-refractivity contribution in [3.63, 3.8) is 0 Å². The zero-order chi connectivity index (χ0) is 14.7. The zero-order valence-corrected chi connectivity index (χ0v) is 13.3. The van der Waals surface area contributed by atoms with Gasteiger partial charge in [0.15, 0.2) is 0 Å². The van der Waals surface area contributed by atoms with Crippen LogP contribution in [0.25, 0.3) is 0 Å². The molecule has 0 aromatic heterocycles. The summed E-state index contributed by atoms with van der Waals surface area (Å²) in [4.78, 5) is 5.15. The van der Waals surface area contributed by atoms with Crippen LogP contribution < -0.4 is 10.1 Å². The molecule has 0 radical (unpaired) electrons. The number of benzene rings is 1. The standard InChI is InChI=1S/C17H27N3O/c1-3-19-7-9-20(10-8-19)14(2)12-15-4-5-17-16(13-15)18-6-11-21-17/h4-5,13-14,18H,3,6-12H2,1-2H3. The number of nitrogens with zero attached hydrogens (tertiary/aromatic N) is 2. The first-order valence-electron chi connectivity index (χ1n) is 8.22. The van der Waals surface area contributed by atoms with Gasteiger partial charge in [0, 0.05) is 38.8 Å². The van der Waals surface area contributed by atoms with Gasteiger partial charge in [-0.3, -0.25) is 4.90 Å². The highest BCUT2D eigenvalue weighted by atomic mass is 16.5. The molecule has 1 fully saturated rings. The molecule has 21 heavy (non-hydrogen) atoms. The van der Waals surface area contributed by atoms with Gasteiger partial charge in [-0.05, 0) is 37.6 Å². The average molecular weight is 289 g/mol. The van der Waals surface area contributed by atoms with Crippen LogP contribution in [-0.4, -0.2) is 61.7 Å². The second-order valence-corrected chi connectivity index (χ2v) is 6.13. The molecule has 1 aromatic rings. The van der Waals surface area contributed by atoms with Gasteiger partial charge in [0.05, 0.1) is 5.69 Å². The number of hydrogen-bond acceptors (Lipinski definition) is 4. The number of fused-ring (bicyclic) bond motifs is 1. The lowest BCUT2D eigenvalue weighted by atomic mass is 10.0. The molecule has 3 rings (SSSR count). The van der Waals surface area contributed by atoms with E-state index in [0.717, 1.165) is 31.0 Å². The van der Waals surface area contributed by atoms with Gasteiger partial charge in [-0.25, -0.2) is 0 Å². The number of rotatable bonds is 4. The SMILES string of the molecule is CCN1CCN(C(C)Cc2ccc3c(c2)NCCO3)CC1. The number of piperazine rings is 1. The lowest BCUT2D eigenvalue weighted by molar-refractivity contribution is 0.106. The highest BCUT2D eigenvalue weighted by Crippen LogP contribution is 2.28. The molecule has 4 nitrogen and oxygen atoms in total. The van der Waals surface area contributed by atoms with E-state index < -0.39 is 0 Å². The Balaban J connectivity index is 1.58. The maximum Gasteiger partial charge on any atom is 0.142 e. The third kappa shape index (κ3) is 3.50. The largest absolute Gasteiger partial charge is 0.490 e. The number of hydrogen-bond donors (Lipinski definition) is 1. The van der Waals surface area contributed by atoms with Gasteiger partial charge in [-0.1, -0.05) is 13.0 Å². The van der Waals surface area contributed by atoms with E-state index in [-0.39, 0.29) is 0 Å². The zero-order valence-electron chi connectivity index (χ0n) is 13.3. The minimum Gasteiger partial charge on any atom is -0.490 e. The molecule has 2 heterocycles. The third-order valence-electron chi connectivity index (χ3n) is 4.73. The van der Waals surface area contributed by atoms with Gasteiger partial charge in [0.25, 0.3) is 0 Å². The number of likely N-dealkylation sites (N-methyl/N-ethyl adjacent to an activating group) is 1. The summed E-state index contributed by atoms with van der Waals surface area (Å²) in [6, 6.07) is 7.18. The van der Waals surface area contributed by atoms with E-state index in [0.29, 0.717) is 6.04 Å². The van der Waals surface area contributed by atoms with E-state index in [1.807, 2.05) is 0 Å². The van der Waals surface area contributed by atoms with Gasteiger partial charge >= 0.3 is 0 Å². The van der Waals surface area contributed by atoms with Gasteiger partial charge in [0.1, 0.15) is 12.4 Å². The predicted octanol–water partition coefficient (Wildman–Crippen LogP) is 2.06. The molecule has 1 atom stereocenters. The molecule has 4 heteroatoms. The highest BCUT2D eigenvalue weighted by molar-refractivity contribution is 5.59. The van der Waals surface area contributed by atoms with Crippen molar-refractivity contribution in [1.29, 1.82) is 0 Å². The molecule has 0 bridgehead atoms. The van der Waals surface area contributed by atoms with E-state index in [2.05, 4.69) is 47.2 Å². The smallest absolute Gasteiger partial charge is 0.142 e. The summed E-state index contributed by atoms with van der Waals surface area (Å²) >= 11 is 0. The first-order valence-corrected chi connectivity index (χ1v) is 8.22. The molecule has 1 unspecified atom stereocenters. The van der Waals surface area contributed by atoms with Crippen molar-refractivity contribution >= 4 is 5.69 Å². The van der Waals surface area contributed by atoms with Crippen molar-refractivity contribution in [3.05, 3.63) is 23.8 Å². The number of nitrogens with one attached hydrogen (secondary N) is 1. The summed E-state index contributed by atoms with van der Waals surface area (Å²) in [6.07, 6.45) is 1.11. The Bertz CT molecular complexity index is 469. The molecule has 0 aliphatic carbocycles. The minimum atomic E-state index is 0.603. The van der Waals surface area contributed by atoms with Gasteiger partial charge in [-0.2, -0.15) is 0 Å². The summed E-state index contributed by atoms with van der Waals surface area (Å²) in [7, 11) is 0. The normalized spacial score (nSPS) is 21.2. The Kier molecular flexibility index (Phi) is 4.66. The van der Waals surface area contributed by atoms with E-state index in [4.69, 9.17) is 4.74 Å². The summed E-state index contributed by atoms with van der Waals surface area (Å²) in [5.74, 6) is 0.995. The topological polar surface area (TPSA) is 27.7 Å². The summed E-state index contributed by atoms with van der Waals surface area (Å²) in [5, 5.41) is 3.42. The van der Waals surface area contributed by atoms with Crippen LogP contribution in [0, 0.1) is 0 Å². The lowest BCUT2D eigenvalue weighted by Crippen LogP contribution is -2.49. The lowest BCUT2D eigenvalue weighted by Gasteiger charge is -2.37. The van der Waals surface area contributed by atoms with Crippen molar-refractivity contribution in [2.75, 3.05) is 51.2 Å². The molecule has 2 aliphatic rings. The van der Waals surface area contributed by atoms with Crippen LogP contribution in [0.3, 0.4) is 0 Å². The Labute approximate surface area is 128 Å². The maximum atomic E-state index is 5.65. The van der Waals surface area contributed by atoms with Crippen molar-refractivity contribution in [3.8, 4) is 5.75 Å². The first-order chi connectivity index (χ1) is 10.3. The molecule has 2 aliphatic heterocycles. The van der Waals surface area contributed by atoms with Gasteiger partial charge in [-0.15, -0.1) is 0 Å². The third-order valence-corrected chi connectivity index (χ3v) is 4.73. The number of ether oxygens (including phenoxy) is 1. The Hall–Kier alpha value is -1.26. The van der Waals surface area contributed by atoms with Gasteiger partial charge < -0.3 is 15.0 Å². The first kappa shape index (κ1) is 14.7. The predicted molar refractivity (Wildman–Crippen MR) is 87.3 cm³/mol. The summed E-state index contributed by atoms with van der Waals surface area (Å²) < 4.78 is 5.65. The number of anilines is 1. The fourth-order valence-corrected chi connectivity index (χ4v) is 3.31. The second-order valence-electron chi connectivity index (χ2n) is 6.13. The molecule has 1 saturated heterocycles. The van der Waals surface area contributed by atoms with Crippen LogP contribution in [-0.2, 0) is 6.42 Å². The Morgan fingerprint density at radius 3 is 2.81 bits per heavy atom. The monoisotopic (exact) mass is 289 g/mol. The van der Waals surface area contributed by atoms with Crippen molar-refractivity contribution in [2.24, 2.45) is 0 Å². The van der Waals surface area contributed by atoms with Crippen LogP contribution in [0.2, 0.25) is 0 Å². The minimum absolute atomic E-state index is 0.603. The van der Waals surface area contributed by atoms with Crippen LogP contribution >= 0.6 is 0 Å². The van der Waals surface area contributed by atoms with Crippen LogP contribution in [0.1, 0.15) is 19.4 Å². The molecule has 116 valence electrons. The molecule has 1 N–H and O–H groups in total. The highest BCUT2D eigenvalue weighted by Gasteiger charge is 2.20.